The number of methoxy groups -OCH3 is 1. The lowest BCUT2D eigenvalue weighted by Gasteiger charge is -2.11. The summed E-state index contributed by atoms with van der Waals surface area (Å²) in [4.78, 5) is 16.3. The van der Waals surface area contributed by atoms with E-state index in [2.05, 4.69) is 15.8 Å². The van der Waals surface area contributed by atoms with Gasteiger partial charge in [0, 0.05) is 27.8 Å². The van der Waals surface area contributed by atoms with Gasteiger partial charge in [-0.1, -0.05) is 59.9 Å². The first-order valence-electron chi connectivity index (χ1n) is 11.4. The number of nitrogens with one attached hydrogen (secondary N) is 2. The van der Waals surface area contributed by atoms with Gasteiger partial charge in [-0.15, -0.1) is 0 Å². The van der Waals surface area contributed by atoms with E-state index in [1.807, 2.05) is 68.6 Å². The highest BCUT2D eigenvalue weighted by molar-refractivity contribution is 7.97. The zero-order valence-electron chi connectivity index (χ0n) is 20.3. The highest BCUT2D eigenvalue weighted by atomic mass is 35.5. The van der Waals surface area contributed by atoms with E-state index in [0.717, 1.165) is 61.7 Å². The van der Waals surface area contributed by atoms with Gasteiger partial charge in [-0.25, -0.2) is 0 Å². The molecule has 7 heteroatoms. The third kappa shape index (κ3) is 5.29. The number of amides is 1. The number of carbonyl (C=O) groups is 1. The van der Waals surface area contributed by atoms with E-state index < -0.39 is 0 Å². The summed E-state index contributed by atoms with van der Waals surface area (Å²) in [5.74, 6) is 1.45. The van der Waals surface area contributed by atoms with Crippen molar-refractivity contribution in [2.75, 3.05) is 20.0 Å². The van der Waals surface area contributed by atoms with Crippen molar-refractivity contribution >= 4 is 40.4 Å². The molecule has 0 aliphatic rings. The van der Waals surface area contributed by atoms with Crippen LogP contribution < -0.4 is 14.2 Å². The standard InChI is InChI=1S/C28H29ClN2O3S/c1-17-15-19(16-18(2)25(17)29)34-14-8-12-23-22-11-7-10-21(20-9-5-6-13-24(20)33-3)26(22)30-27(23)28(32)31-35-4/h5-7,9-11,13,15-16,30H,8,12,14H2,1-4H3,(H,31,32). The van der Waals surface area contributed by atoms with Crippen LogP contribution in [0.2, 0.25) is 5.02 Å². The second-order valence-electron chi connectivity index (χ2n) is 8.37. The van der Waals surface area contributed by atoms with Crippen LogP contribution in [-0.4, -0.2) is 30.9 Å². The fourth-order valence-corrected chi connectivity index (χ4v) is 4.79. The summed E-state index contributed by atoms with van der Waals surface area (Å²) in [6.45, 7) is 4.48. The number of aryl methyl sites for hydroxylation is 3. The maximum Gasteiger partial charge on any atom is 0.277 e. The summed E-state index contributed by atoms with van der Waals surface area (Å²) in [6, 6.07) is 17.9. The van der Waals surface area contributed by atoms with Gasteiger partial charge in [0.1, 0.15) is 17.2 Å². The molecule has 1 aromatic heterocycles. The zero-order chi connectivity index (χ0) is 24.9. The Kier molecular flexibility index (Phi) is 7.93. The summed E-state index contributed by atoms with van der Waals surface area (Å²) in [7, 11) is 1.67. The lowest BCUT2D eigenvalue weighted by molar-refractivity contribution is 0.0979. The Morgan fingerprint density at radius 1 is 1.06 bits per heavy atom. The average molecular weight is 509 g/mol. The number of hydrogen-bond acceptors (Lipinski definition) is 4. The molecule has 182 valence electrons. The first-order chi connectivity index (χ1) is 16.9. The van der Waals surface area contributed by atoms with E-state index in [0.29, 0.717) is 18.7 Å². The Bertz CT molecular complexity index is 1340. The van der Waals surface area contributed by atoms with Crippen LogP contribution in [0.3, 0.4) is 0 Å². The molecule has 0 saturated carbocycles. The summed E-state index contributed by atoms with van der Waals surface area (Å²) in [5, 5.41) is 1.80. The first-order valence-corrected chi connectivity index (χ1v) is 13.0. The van der Waals surface area contributed by atoms with Gasteiger partial charge in [-0.05, 0) is 61.6 Å². The van der Waals surface area contributed by atoms with Crippen molar-refractivity contribution < 1.29 is 14.3 Å². The molecule has 0 saturated heterocycles. The van der Waals surface area contributed by atoms with Crippen LogP contribution in [0.4, 0.5) is 0 Å². The number of halogens is 1. The normalized spacial score (nSPS) is 11.0. The molecule has 3 aromatic carbocycles. The van der Waals surface area contributed by atoms with Gasteiger partial charge in [0.25, 0.3) is 5.91 Å². The van der Waals surface area contributed by atoms with Crippen molar-refractivity contribution in [1.82, 2.24) is 9.71 Å². The van der Waals surface area contributed by atoms with Crippen LogP contribution in [0.5, 0.6) is 11.5 Å². The van der Waals surface area contributed by atoms with Gasteiger partial charge in [0.05, 0.1) is 19.2 Å². The highest BCUT2D eigenvalue weighted by Crippen LogP contribution is 2.37. The minimum atomic E-state index is -0.139. The Morgan fingerprint density at radius 2 is 1.77 bits per heavy atom. The minimum Gasteiger partial charge on any atom is -0.496 e. The smallest absolute Gasteiger partial charge is 0.277 e. The Hall–Kier alpha value is -3.09. The molecule has 4 aromatic rings. The maximum atomic E-state index is 12.9. The number of ether oxygens (including phenoxy) is 2. The maximum absolute atomic E-state index is 12.9. The van der Waals surface area contributed by atoms with Crippen LogP contribution in [-0.2, 0) is 6.42 Å². The molecule has 1 amide bonds. The van der Waals surface area contributed by atoms with Crippen LogP contribution in [0.15, 0.2) is 54.6 Å². The van der Waals surface area contributed by atoms with Crippen molar-refractivity contribution in [3.05, 3.63) is 82.0 Å². The number of carbonyl (C=O) groups excluding carboxylic acids is 1. The molecule has 1 heterocycles. The van der Waals surface area contributed by atoms with E-state index in [4.69, 9.17) is 21.1 Å². The van der Waals surface area contributed by atoms with Crippen molar-refractivity contribution in [1.29, 1.82) is 0 Å². The van der Waals surface area contributed by atoms with E-state index in [-0.39, 0.29) is 5.91 Å². The molecular formula is C28H29ClN2O3S. The molecule has 0 fully saturated rings. The van der Waals surface area contributed by atoms with Crippen molar-refractivity contribution in [2.45, 2.75) is 26.7 Å². The Labute approximate surface area is 215 Å². The third-order valence-corrected chi connectivity index (χ3v) is 7.00. The first kappa shape index (κ1) is 25.0. The number of aromatic nitrogens is 1. The molecule has 35 heavy (non-hydrogen) atoms. The predicted molar refractivity (Wildman–Crippen MR) is 146 cm³/mol. The van der Waals surface area contributed by atoms with E-state index in [9.17, 15) is 4.79 Å². The minimum absolute atomic E-state index is 0.139. The van der Waals surface area contributed by atoms with E-state index in [1.54, 1.807) is 7.11 Å². The van der Waals surface area contributed by atoms with Gasteiger partial charge in [0.15, 0.2) is 0 Å². The molecular weight excluding hydrogens is 480 g/mol. The zero-order valence-corrected chi connectivity index (χ0v) is 21.9. The van der Waals surface area contributed by atoms with Gasteiger partial charge >= 0.3 is 0 Å². The SMILES string of the molecule is COc1ccccc1-c1cccc2c(CCCOc3cc(C)c(Cl)c(C)c3)c(C(=O)NSC)[nH]c12. The molecule has 2 N–H and O–H groups in total. The number of benzene rings is 3. The average Bonchev–Trinajstić information content (AvgIpc) is 3.24. The van der Waals surface area contributed by atoms with Crippen molar-refractivity contribution in [3.8, 4) is 22.6 Å². The second-order valence-corrected chi connectivity index (χ2v) is 9.36. The number of rotatable bonds is 9. The van der Waals surface area contributed by atoms with Gasteiger partial charge < -0.3 is 14.5 Å². The van der Waals surface area contributed by atoms with Gasteiger partial charge in [0.2, 0.25) is 0 Å². The molecule has 5 nitrogen and oxygen atoms in total. The molecule has 4 rings (SSSR count). The van der Waals surface area contributed by atoms with Crippen LogP contribution in [0.25, 0.3) is 22.0 Å². The topological polar surface area (TPSA) is 63.4 Å². The molecule has 0 radical (unpaired) electrons. The summed E-state index contributed by atoms with van der Waals surface area (Å²) in [6.07, 6.45) is 3.29. The van der Waals surface area contributed by atoms with Crippen LogP contribution in [0.1, 0.15) is 33.6 Å². The molecule has 0 bridgehead atoms. The van der Waals surface area contributed by atoms with Crippen molar-refractivity contribution in [2.24, 2.45) is 0 Å². The van der Waals surface area contributed by atoms with E-state index in [1.165, 1.54) is 11.9 Å². The number of H-pyrrole nitrogens is 1. The number of hydrogen-bond donors (Lipinski definition) is 2. The second kappa shape index (κ2) is 11.1. The Balaban J connectivity index is 1.64. The lowest BCUT2D eigenvalue weighted by atomic mass is 9.99. The quantitative estimate of drug-likeness (QED) is 0.186. The molecule has 0 atom stereocenters. The number of aromatic amines is 1. The van der Waals surface area contributed by atoms with E-state index >= 15 is 0 Å². The Morgan fingerprint density at radius 3 is 2.49 bits per heavy atom. The van der Waals surface area contributed by atoms with Gasteiger partial charge in [-0.3, -0.25) is 9.52 Å². The molecule has 0 aliphatic heterocycles. The summed E-state index contributed by atoms with van der Waals surface area (Å²) < 4.78 is 14.5. The summed E-state index contributed by atoms with van der Waals surface area (Å²) >= 11 is 7.56. The molecule has 0 spiro atoms. The van der Waals surface area contributed by atoms with Crippen molar-refractivity contribution in [3.63, 3.8) is 0 Å². The fraction of sp³-hybridized carbons (Fsp3) is 0.250. The third-order valence-electron chi connectivity index (χ3n) is 6.01. The number of para-hydroxylation sites is 2. The largest absolute Gasteiger partial charge is 0.496 e. The van der Waals surface area contributed by atoms with Crippen LogP contribution in [0, 0.1) is 13.8 Å². The number of fused-ring (bicyclic) bond motifs is 1. The molecule has 0 aliphatic carbocycles. The van der Waals surface area contributed by atoms with Gasteiger partial charge in [-0.2, -0.15) is 0 Å². The predicted octanol–water partition coefficient (Wildman–Crippen LogP) is 7.13. The summed E-state index contributed by atoms with van der Waals surface area (Å²) in [5.41, 5.74) is 6.44. The fourth-order valence-electron chi connectivity index (χ4n) is 4.39. The monoisotopic (exact) mass is 508 g/mol. The molecule has 0 unspecified atom stereocenters. The van der Waals surface area contributed by atoms with Crippen LogP contribution >= 0.6 is 23.5 Å². The highest BCUT2D eigenvalue weighted by Gasteiger charge is 2.20. The lowest BCUT2D eigenvalue weighted by Crippen LogP contribution is -2.17.